The molecule has 22 heavy (non-hydrogen) atoms. The van der Waals surface area contributed by atoms with Crippen LogP contribution in [-0.2, 0) is 20.0 Å². The van der Waals surface area contributed by atoms with Crippen molar-refractivity contribution in [1.82, 2.24) is 25.4 Å². The Morgan fingerprint density at radius 1 is 1.36 bits per heavy atom. The normalized spacial score (nSPS) is 11.2. The molecule has 2 aromatic rings. The molecule has 0 aliphatic rings. The zero-order valence-corrected chi connectivity index (χ0v) is 16.5. The highest BCUT2D eigenvalue weighted by Crippen LogP contribution is 2.16. The summed E-state index contributed by atoms with van der Waals surface area (Å²) >= 11 is 1.72. The highest BCUT2D eigenvalue weighted by atomic mass is 127. The quantitative estimate of drug-likeness (QED) is 0.430. The van der Waals surface area contributed by atoms with Crippen LogP contribution >= 0.6 is 35.3 Å². The number of nitrogens with zero attached hydrogens (tertiary/aromatic N) is 4. The van der Waals surface area contributed by atoms with Gasteiger partial charge in [-0.15, -0.1) is 35.3 Å². The van der Waals surface area contributed by atoms with E-state index in [4.69, 9.17) is 0 Å². The van der Waals surface area contributed by atoms with Crippen LogP contribution in [0.4, 0.5) is 0 Å². The first-order valence-electron chi connectivity index (χ1n) is 6.93. The fourth-order valence-corrected chi connectivity index (χ4v) is 2.93. The number of guanidine groups is 1. The van der Waals surface area contributed by atoms with E-state index in [-0.39, 0.29) is 24.0 Å². The molecule has 0 radical (unpaired) electrons. The van der Waals surface area contributed by atoms with Gasteiger partial charge in [-0.25, -0.2) is 4.98 Å². The van der Waals surface area contributed by atoms with Crippen molar-refractivity contribution < 1.29 is 0 Å². The lowest BCUT2D eigenvalue weighted by molar-refractivity contribution is 0.765. The molecule has 2 N–H and O–H groups in total. The van der Waals surface area contributed by atoms with E-state index < -0.39 is 0 Å². The van der Waals surface area contributed by atoms with Gasteiger partial charge in [0.05, 0.1) is 23.4 Å². The molecule has 2 aromatic heterocycles. The van der Waals surface area contributed by atoms with Gasteiger partial charge >= 0.3 is 0 Å². The molecule has 2 heterocycles. The minimum Gasteiger partial charge on any atom is -0.356 e. The van der Waals surface area contributed by atoms with Crippen molar-refractivity contribution in [1.29, 1.82) is 0 Å². The summed E-state index contributed by atoms with van der Waals surface area (Å²) in [5.41, 5.74) is 2.31. The fraction of sp³-hybridized carbons (Fsp3) is 0.500. The van der Waals surface area contributed by atoms with E-state index >= 15 is 0 Å². The van der Waals surface area contributed by atoms with Gasteiger partial charge < -0.3 is 10.6 Å². The number of hydrogen-bond acceptors (Lipinski definition) is 4. The number of aromatic nitrogens is 3. The molecule has 0 aliphatic carbocycles. The number of thiazole rings is 1. The maximum atomic E-state index is 4.43. The summed E-state index contributed by atoms with van der Waals surface area (Å²) in [6, 6.07) is 0. The lowest BCUT2D eigenvalue weighted by Crippen LogP contribution is -2.37. The van der Waals surface area contributed by atoms with Crippen LogP contribution in [0.15, 0.2) is 17.4 Å². The zero-order valence-electron chi connectivity index (χ0n) is 13.4. The van der Waals surface area contributed by atoms with E-state index in [1.165, 1.54) is 10.4 Å². The topological polar surface area (TPSA) is 67.1 Å². The maximum Gasteiger partial charge on any atom is 0.191 e. The third-order valence-electron chi connectivity index (χ3n) is 3.10. The molecular formula is C14H23IN6S. The first kappa shape index (κ1) is 18.9. The van der Waals surface area contributed by atoms with Gasteiger partial charge in [0, 0.05) is 31.7 Å². The first-order chi connectivity index (χ1) is 10.1. The van der Waals surface area contributed by atoms with Crippen molar-refractivity contribution >= 4 is 41.3 Å². The third-order valence-corrected chi connectivity index (χ3v) is 4.18. The Kier molecular flexibility index (Phi) is 7.80. The Balaban J connectivity index is 0.00000242. The first-order valence-corrected chi connectivity index (χ1v) is 7.75. The van der Waals surface area contributed by atoms with Crippen molar-refractivity contribution in [2.75, 3.05) is 13.6 Å². The highest BCUT2D eigenvalue weighted by molar-refractivity contribution is 14.0. The van der Waals surface area contributed by atoms with Crippen LogP contribution in [0.1, 0.15) is 21.1 Å². The largest absolute Gasteiger partial charge is 0.356 e. The number of halogens is 1. The molecule has 0 saturated heterocycles. The van der Waals surface area contributed by atoms with E-state index in [0.29, 0.717) is 0 Å². The van der Waals surface area contributed by atoms with Crippen LogP contribution in [0.25, 0.3) is 0 Å². The van der Waals surface area contributed by atoms with Gasteiger partial charge in [0.1, 0.15) is 0 Å². The maximum absolute atomic E-state index is 4.43. The van der Waals surface area contributed by atoms with Crippen LogP contribution in [0.5, 0.6) is 0 Å². The lowest BCUT2D eigenvalue weighted by atomic mass is 10.2. The molecule has 0 saturated carbocycles. The molecule has 2 rings (SSSR count). The summed E-state index contributed by atoms with van der Waals surface area (Å²) in [5.74, 6) is 0.810. The van der Waals surface area contributed by atoms with Crippen LogP contribution in [0.3, 0.4) is 0 Å². The second-order valence-electron chi connectivity index (χ2n) is 4.87. The summed E-state index contributed by atoms with van der Waals surface area (Å²) in [5, 5.41) is 11.9. The van der Waals surface area contributed by atoms with Crippen LogP contribution in [0.2, 0.25) is 0 Å². The lowest BCUT2D eigenvalue weighted by Gasteiger charge is -2.10. The minimum atomic E-state index is 0. The molecule has 8 heteroatoms. The van der Waals surface area contributed by atoms with E-state index in [1.54, 1.807) is 18.4 Å². The second kappa shape index (κ2) is 9.09. The van der Waals surface area contributed by atoms with Crippen molar-refractivity contribution in [3.05, 3.63) is 33.5 Å². The van der Waals surface area contributed by atoms with Crippen molar-refractivity contribution in [3.63, 3.8) is 0 Å². The number of aryl methyl sites for hydroxylation is 3. The smallest absolute Gasteiger partial charge is 0.191 e. The highest BCUT2D eigenvalue weighted by Gasteiger charge is 2.05. The van der Waals surface area contributed by atoms with Crippen molar-refractivity contribution in [2.24, 2.45) is 12.0 Å². The van der Waals surface area contributed by atoms with E-state index in [1.807, 2.05) is 38.0 Å². The number of nitrogens with one attached hydrogen (secondary N) is 2. The number of hydrogen-bond donors (Lipinski definition) is 2. The van der Waals surface area contributed by atoms with Crippen LogP contribution in [-0.4, -0.2) is 34.3 Å². The van der Waals surface area contributed by atoms with Crippen LogP contribution < -0.4 is 10.6 Å². The van der Waals surface area contributed by atoms with Gasteiger partial charge in [0.2, 0.25) is 0 Å². The molecule has 0 spiro atoms. The summed E-state index contributed by atoms with van der Waals surface area (Å²) in [6.07, 6.45) is 4.84. The molecule has 0 bridgehead atoms. The Hall–Kier alpha value is -1.16. The van der Waals surface area contributed by atoms with E-state index in [2.05, 4.69) is 25.7 Å². The van der Waals surface area contributed by atoms with Gasteiger partial charge in [-0.1, -0.05) is 0 Å². The van der Waals surface area contributed by atoms with Crippen LogP contribution in [0, 0.1) is 13.8 Å². The fourth-order valence-electron chi connectivity index (χ4n) is 2.05. The zero-order chi connectivity index (χ0) is 15.2. The predicted octanol–water partition coefficient (Wildman–Crippen LogP) is 2.02. The second-order valence-corrected chi connectivity index (χ2v) is 6.15. The molecule has 0 atom stereocenters. The Bertz CT molecular complexity index is 619. The number of aliphatic imine (C=N–C) groups is 1. The molecule has 0 fully saturated rings. The van der Waals surface area contributed by atoms with Gasteiger partial charge in [-0.3, -0.25) is 9.67 Å². The average molecular weight is 434 g/mol. The summed E-state index contributed by atoms with van der Waals surface area (Å²) in [7, 11) is 3.71. The van der Waals surface area contributed by atoms with Crippen molar-refractivity contribution in [3.8, 4) is 0 Å². The van der Waals surface area contributed by atoms with Gasteiger partial charge in [-0.05, 0) is 25.8 Å². The average Bonchev–Trinajstić information content (AvgIpc) is 2.99. The van der Waals surface area contributed by atoms with Gasteiger partial charge in [-0.2, -0.15) is 5.10 Å². The number of rotatable bonds is 5. The summed E-state index contributed by atoms with van der Waals surface area (Å²) in [6.45, 7) is 5.65. The Morgan fingerprint density at radius 2 is 2.14 bits per heavy atom. The Labute approximate surface area is 152 Å². The molecular weight excluding hydrogens is 411 g/mol. The Morgan fingerprint density at radius 3 is 2.68 bits per heavy atom. The molecule has 0 aromatic carbocycles. The standard InChI is InChI=1S/C14H22N6S.HI/c1-10-13(21-11(2)19-10)8-17-14(15-3)16-6-5-12-7-18-20(4)9-12;/h7,9H,5-6,8H2,1-4H3,(H2,15,16,17);1H. The third kappa shape index (κ3) is 5.56. The molecule has 0 aliphatic heterocycles. The molecule has 0 unspecified atom stereocenters. The van der Waals surface area contributed by atoms with Crippen molar-refractivity contribution in [2.45, 2.75) is 26.8 Å². The SMILES string of the molecule is CN=C(NCCc1cnn(C)c1)NCc1sc(C)nc1C.I. The summed E-state index contributed by atoms with van der Waals surface area (Å²) < 4.78 is 1.82. The van der Waals surface area contributed by atoms with Gasteiger partial charge in [0.25, 0.3) is 0 Å². The van der Waals surface area contributed by atoms with E-state index in [0.717, 1.165) is 36.2 Å². The minimum absolute atomic E-state index is 0. The molecule has 6 nitrogen and oxygen atoms in total. The monoisotopic (exact) mass is 434 g/mol. The molecule has 122 valence electrons. The van der Waals surface area contributed by atoms with E-state index in [9.17, 15) is 0 Å². The molecule has 0 amide bonds. The van der Waals surface area contributed by atoms with Gasteiger partial charge in [0.15, 0.2) is 5.96 Å². The summed E-state index contributed by atoms with van der Waals surface area (Å²) in [4.78, 5) is 9.91. The predicted molar refractivity (Wildman–Crippen MR) is 102 cm³/mol.